The van der Waals surface area contributed by atoms with Crippen molar-refractivity contribution >= 4 is 42.6 Å². The Morgan fingerprint density at radius 1 is 1.00 bits per heavy atom. The quantitative estimate of drug-likeness (QED) is 0.549. The molecule has 3 rings (SSSR count). The van der Waals surface area contributed by atoms with Crippen LogP contribution in [0, 0.1) is 0 Å². The van der Waals surface area contributed by atoms with Crippen LogP contribution in [0.5, 0.6) is 0 Å². The minimum atomic E-state index is -2.15. The molecular weight excluding hydrogens is 268 g/mol. The lowest BCUT2D eigenvalue weighted by Crippen LogP contribution is -2.04. The molecule has 0 saturated heterocycles. The fraction of sp³-hybridized carbons (Fsp3) is 0. The molecule has 5 heteroatoms. The third kappa shape index (κ3) is 1.68. The van der Waals surface area contributed by atoms with E-state index in [1.54, 1.807) is 24.3 Å². The molecule has 3 nitrogen and oxygen atoms in total. The van der Waals surface area contributed by atoms with Crippen LogP contribution in [0.2, 0.25) is 0 Å². The molecule has 0 saturated carbocycles. The maximum absolute atomic E-state index is 12.4. The second-order valence-electron chi connectivity index (χ2n) is 3.81. The van der Waals surface area contributed by atoms with Crippen LogP contribution in [0.15, 0.2) is 52.2 Å². The third-order valence-corrected chi connectivity index (χ3v) is 4.61. The summed E-state index contributed by atoms with van der Waals surface area (Å²) in [5.74, 6) is 0. The van der Waals surface area contributed by atoms with E-state index in [1.165, 1.54) is 17.4 Å². The molecule has 0 aliphatic rings. The molecular formula is C13H8O3S2. The average Bonchev–Trinajstić information content (AvgIpc) is 2.38. The Hall–Kier alpha value is -1.56. The number of hydrogen-bond donors (Lipinski definition) is 1. The molecule has 0 aliphatic heterocycles. The Bertz CT molecular complexity index is 836. The summed E-state index contributed by atoms with van der Waals surface area (Å²) in [5.41, 5.74) is -0.183. The molecule has 0 aliphatic carbocycles. The smallest absolute Gasteiger partial charge is 0.197 e. The molecule has 1 heterocycles. The zero-order chi connectivity index (χ0) is 12.7. The minimum absolute atomic E-state index is 0.180. The van der Waals surface area contributed by atoms with Gasteiger partial charge in [0.2, 0.25) is 0 Å². The minimum Gasteiger partial charge on any atom is -0.302 e. The van der Waals surface area contributed by atoms with Crippen LogP contribution in [0.25, 0.3) is 20.2 Å². The van der Waals surface area contributed by atoms with E-state index in [9.17, 15) is 13.6 Å². The predicted octanol–water partition coefficient (Wildman–Crippen LogP) is 3.00. The summed E-state index contributed by atoms with van der Waals surface area (Å²) < 4.78 is 22.2. The first-order chi connectivity index (χ1) is 8.68. The average molecular weight is 276 g/mol. The standard InChI is InChI=1S/C13H8O3S2/c14-13-8-4-1-2-5-9(8)17-10-6-3-7-11(12(10)13)18(15)16/h1-7H,(H,15,16). The molecule has 2 aromatic carbocycles. The summed E-state index contributed by atoms with van der Waals surface area (Å²) in [6.07, 6.45) is 0. The zero-order valence-electron chi connectivity index (χ0n) is 9.12. The van der Waals surface area contributed by atoms with Crippen molar-refractivity contribution in [2.75, 3.05) is 0 Å². The van der Waals surface area contributed by atoms with Gasteiger partial charge in [0.1, 0.15) is 0 Å². The molecule has 0 amide bonds. The van der Waals surface area contributed by atoms with E-state index < -0.39 is 11.1 Å². The van der Waals surface area contributed by atoms with Crippen molar-refractivity contribution in [1.29, 1.82) is 0 Å². The van der Waals surface area contributed by atoms with Crippen molar-refractivity contribution in [3.63, 3.8) is 0 Å². The lowest BCUT2D eigenvalue weighted by molar-refractivity contribution is 0.565. The Morgan fingerprint density at radius 3 is 2.50 bits per heavy atom. The van der Waals surface area contributed by atoms with Gasteiger partial charge in [-0.2, -0.15) is 0 Å². The van der Waals surface area contributed by atoms with E-state index in [2.05, 4.69) is 0 Å². The summed E-state index contributed by atoms with van der Waals surface area (Å²) in [5, 5.41) is 0.940. The van der Waals surface area contributed by atoms with Crippen molar-refractivity contribution in [2.24, 2.45) is 0 Å². The van der Waals surface area contributed by atoms with Gasteiger partial charge in [-0.05, 0) is 24.3 Å². The van der Waals surface area contributed by atoms with Crippen LogP contribution in [0.4, 0.5) is 0 Å². The second-order valence-corrected chi connectivity index (χ2v) is 5.83. The molecule has 1 unspecified atom stereocenters. The van der Waals surface area contributed by atoms with Crippen LogP contribution < -0.4 is 5.43 Å². The lowest BCUT2D eigenvalue weighted by Gasteiger charge is -2.03. The fourth-order valence-corrected chi connectivity index (χ4v) is 3.70. The van der Waals surface area contributed by atoms with Crippen LogP contribution >= 0.6 is 11.3 Å². The van der Waals surface area contributed by atoms with Gasteiger partial charge in [0.05, 0.1) is 10.3 Å². The number of benzene rings is 2. The van der Waals surface area contributed by atoms with Gasteiger partial charge in [-0.3, -0.25) is 4.79 Å². The highest BCUT2D eigenvalue weighted by Crippen LogP contribution is 2.27. The van der Waals surface area contributed by atoms with E-state index in [-0.39, 0.29) is 10.3 Å². The van der Waals surface area contributed by atoms with E-state index in [0.29, 0.717) is 10.8 Å². The van der Waals surface area contributed by atoms with Crippen LogP contribution in [-0.4, -0.2) is 8.76 Å². The molecule has 1 N–H and O–H groups in total. The fourth-order valence-electron chi connectivity index (χ4n) is 1.96. The summed E-state index contributed by atoms with van der Waals surface area (Å²) in [6.45, 7) is 0. The van der Waals surface area contributed by atoms with Gasteiger partial charge in [0, 0.05) is 14.8 Å². The van der Waals surface area contributed by atoms with Gasteiger partial charge >= 0.3 is 0 Å². The van der Waals surface area contributed by atoms with E-state index >= 15 is 0 Å². The zero-order valence-corrected chi connectivity index (χ0v) is 10.8. The Morgan fingerprint density at radius 2 is 1.72 bits per heavy atom. The maximum atomic E-state index is 12.4. The first-order valence-electron chi connectivity index (χ1n) is 5.24. The van der Waals surface area contributed by atoms with E-state index in [1.807, 2.05) is 12.1 Å². The van der Waals surface area contributed by atoms with E-state index in [0.717, 1.165) is 9.40 Å². The van der Waals surface area contributed by atoms with Gasteiger partial charge in [-0.1, -0.05) is 18.2 Å². The highest BCUT2D eigenvalue weighted by atomic mass is 32.2. The van der Waals surface area contributed by atoms with Gasteiger partial charge in [-0.15, -0.1) is 11.3 Å². The first kappa shape index (κ1) is 11.5. The summed E-state index contributed by atoms with van der Waals surface area (Å²) in [7, 11) is 0. The Kier molecular flexibility index (Phi) is 2.74. The maximum Gasteiger partial charge on any atom is 0.197 e. The van der Waals surface area contributed by atoms with Crippen molar-refractivity contribution < 1.29 is 8.76 Å². The van der Waals surface area contributed by atoms with Crippen LogP contribution in [0.1, 0.15) is 0 Å². The lowest BCUT2D eigenvalue weighted by atomic mass is 10.2. The van der Waals surface area contributed by atoms with Crippen LogP contribution in [0.3, 0.4) is 0 Å². The monoisotopic (exact) mass is 276 g/mol. The normalized spacial score (nSPS) is 12.9. The number of fused-ring (bicyclic) bond motifs is 2. The van der Waals surface area contributed by atoms with Gasteiger partial charge in [0.25, 0.3) is 0 Å². The SMILES string of the molecule is O=c1c2ccccc2sc2cccc(S(=O)O)c12. The van der Waals surface area contributed by atoms with Gasteiger partial charge in [0.15, 0.2) is 16.5 Å². The topological polar surface area (TPSA) is 54.4 Å². The first-order valence-corrected chi connectivity index (χ1v) is 7.16. The molecule has 0 fully saturated rings. The van der Waals surface area contributed by atoms with Gasteiger partial charge < -0.3 is 4.55 Å². The molecule has 0 spiro atoms. The second kappa shape index (κ2) is 4.28. The molecule has 1 atom stereocenters. The van der Waals surface area contributed by atoms with Crippen molar-refractivity contribution in [1.82, 2.24) is 0 Å². The van der Waals surface area contributed by atoms with Crippen molar-refractivity contribution in [3.05, 3.63) is 52.7 Å². The van der Waals surface area contributed by atoms with Crippen molar-refractivity contribution in [2.45, 2.75) is 4.90 Å². The Labute approximate surface area is 109 Å². The highest BCUT2D eigenvalue weighted by Gasteiger charge is 2.12. The molecule has 0 radical (unpaired) electrons. The molecule has 18 heavy (non-hydrogen) atoms. The largest absolute Gasteiger partial charge is 0.302 e. The van der Waals surface area contributed by atoms with E-state index in [4.69, 9.17) is 0 Å². The van der Waals surface area contributed by atoms with Gasteiger partial charge in [-0.25, -0.2) is 4.21 Å². The van der Waals surface area contributed by atoms with Crippen LogP contribution in [-0.2, 0) is 11.1 Å². The summed E-state index contributed by atoms with van der Waals surface area (Å²) in [4.78, 5) is 12.6. The Balaban J connectivity index is 2.61. The predicted molar refractivity (Wildman–Crippen MR) is 74.6 cm³/mol. The number of rotatable bonds is 1. The molecule has 0 bridgehead atoms. The molecule has 3 aromatic rings. The summed E-state index contributed by atoms with van der Waals surface area (Å²) >= 11 is -0.699. The summed E-state index contributed by atoms with van der Waals surface area (Å²) in [6, 6.07) is 12.3. The van der Waals surface area contributed by atoms with Crippen molar-refractivity contribution in [3.8, 4) is 0 Å². The highest BCUT2D eigenvalue weighted by molar-refractivity contribution is 7.79. The number of hydrogen-bond acceptors (Lipinski definition) is 3. The molecule has 90 valence electrons. The molecule has 1 aromatic heterocycles. The third-order valence-electron chi connectivity index (χ3n) is 2.75.